The largest absolute Gasteiger partial charge is 0.309 e. The minimum Gasteiger partial charge on any atom is -0.309 e. The van der Waals surface area contributed by atoms with Gasteiger partial charge in [-0.05, 0) is 69.8 Å². The Hall–Kier alpha value is -7.56. The van der Waals surface area contributed by atoms with Crippen LogP contribution in [0.2, 0.25) is 0 Å². The van der Waals surface area contributed by atoms with E-state index in [0.29, 0.717) is 5.95 Å². The fraction of sp³-hybridized carbons (Fsp3) is 0. The molecule has 0 atom stereocenters. The maximum atomic E-state index is 5.46. The van der Waals surface area contributed by atoms with Gasteiger partial charge in [-0.1, -0.05) is 152 Å². The van der Waals surface area contributed by atoms with E-state index in [1.54, 1.807) is 0 Å². The third-order valence-corrected chi connectivity index (χ3v) is 11.5. The molecule has 56 heavy (non-hydrogen) atoms. The topological polar surface area (TPSA) is 35.6 Å². The molecule has 0 amide bonds. The van der Waals surface area contributed by atoms with E-state index in [0.717, 1.165) is 49.8 Å². The molecular weight excluding hydrogens is 681 g/mol. The molecule has 260 valence electrons. The Bertz CT molecular complexity index is 3540. The Labute approximate surface area is 322 Å². The third-order valence-electron chi connectivity index (χ3n) is 11.5. The summed E-state index contributed by atoms with van der Waals surface area (Å²) in [7, 11) is 0. The second-order valence-corrected chi connectivity index (χ2v) is 14.6. The Kier molecular flexibility index (Phi) is 6.60. The van der Waals surface area contributed by atoms with Gasteiger partial charge in [0.05, 0.1) is 33.3 Å². The van der Waals surface area contributed by atoms with Gasteiger partial charge in [-0.3, -0.25) is 4.57 Å². The number of nitrogens with zero attached hydrogens (tertiary/aromatic N) is 4. The number of rotatable bonds is 4. The fourth-order valence-corrected chi connectivity index (χ4v) is 8.99. The first-order chi connectivity index (χ1) is 27.8. The molecule has 4 heteroatoms. The van der Waals surface area contributed by atoms with Crippen molar-refractivity contribution in [2.24, 2.45) is 0 Å². The monoisotopic (exact) mass is 712 g/mol. The number of para-hydroxylation sites is 2. The van der Waals surface area contributed by atoms with Crippen LogP contribution in [0.4, 0.5) is 0 Å². The molecule has 3 aromatic heterocycles. The van der Waals surface area contributed by atoms with Crippen LogP contribution in [0.5, 0.6) is 0 Å². The van der Waals surface area contributed by atoms with Crippen LogP contribution in [0, 0.1) is 0 Å². The summed E-state index contributed by atoms with van der Waals surface area (Å²) in [6.07, 6.45) is 0. The van der Waals surface area contributed by atoms with Crippen LogP contribution in [0.15, 0.2) is 194 Å². The van der Waals surface area contributed by atoms with Gasteiger partial charge in [0.15, 0.2) is 0 Å². The van der Waals surface area contributed by atoms with Gasteiger partial charge < -0.3 is 4.57 Å². The molecule has 0 spiro atoms. The first-order valence-corrected chi connectivity index (χ1v) is 19.1. The molecule has 4 nitrogen and oxygen atoms in total. The van der Waals surface area contributed by atoms with Crippen molar-refractivity contribution in [3.8, 4) is 34.0 Å². The minimum atomic E-state index is 0.648. The number of benzene rings is 9. The molecule has 12 rings (SSSR count). The Morgan fingerprint density at radius 2 is 0.982 bits per heavy atom. The highest BCUT2D eigenvalue weighted by molar-refractivity contribution is 6.22. The first-order valence-electron chi connectivity index (χ1n) is 19.1. The molecule has 0 aliphatic heterocycles. The quantitative estimate of drug-likeness (QED) is 0.182. The smallest absolute Gasteiger partial charge is 0.235 e. The average molecular weight is 713 g/mol. The first kappa shape index (κ1) is 30.9. The van der Waals surface area contributed by atoms with Gasteiger partial charge >= 0.3 is 0 Å². The summed E-state index contributed by atoms with van der Waals surface area (Å²) in [5, 5.41) is 10.7. The molecule has 0 unspecified atom stereocenters. The lowest BCUT2D eigenvalue weighted by Crippen LogP contribution is -2.03. The van der Waals surface area contributed by atoms with Gasteiger partial charge in [-0.15, -0.1) is 0 Å². The van der Waals surface area contributed by atoms with Gasteiger partial charge in [0.1, 0.15) is 0 Å². The zero-order chi connectivity index (χ0) is 36.7. The van der Waals surface area contributed by atoms with E-state index in [9.17, 15) is 0 Å². The summed E-state index contributed by atoms with van der Waals surface area (Å²) in [5.74, 6) is 0.648. The molecule has 0 aliphatic rings. The van der Waals surface area contributed by atoms with Gasteiger partial charge in [0, 0.05) is 43.6 Å². The molecule has 3 heterocycles. The lowest BCUT2D eigenvalue weighted by Gasteiger charge is -2.13. The standard InChI is InChI=1S/C52H32N4/c1-2-13-33(14-3-1)36-17-12-18-37(31-36)50-43-22-8-10-23-45(43)53-52(54-50)56-47-30-27-38(32-44(47)49-39-19-6-4-15-34(39)26-29-48(49)56)55-46-24-11-9-21-41(46)42-28-25-35-16-5-7-20-40(35)51(42)55/h1-32H. The summed E-state index contributed by atoms with van der Waals surface area (Å²) in [6.45, 7) is 0. The molecule has 0 fully saturated rings. The van der Waals surface area contributed by atoms with Crippen molar-refractivity contribution in [2.45, 2.75) is 0 Å². The van der Waals surface area contributed by atoms with Gasteiger partial charge in [-0.2, -0.15) is 0 Å². The number of hydrogen-bond acceptors (Lipinski definition) is 2. The highest BCUT2D eigenvalue weighted by atomic mass is 15.2. The number of aromatic nitrogens is 4. The van der Waals surface area contributed by atoms with E-state index in [4.69, 9.17) is 9.97 Å². The van der Waals surface area contributed by atoms with Crippen LogP contribution in [0.3, 0.4) is 0 Å². The Morgan fingerprint density at radius 3 is 1.86 bits per heavy atom. The molecule has 0 bridgehead atoms. The average Bonchev–Trinajstić information content (AvgIpc) is 3.79. The Balaban J connectivity index is 1.16. The van der Waals surface area contributed by atoms with Gasteiger partial charge in [0.2, 0.25) is 5.95 Å². The van der Waals surface area contributed by atoms with E-state index in [-0.39, 0.29) is 0 Å². The van der Waals surface area contributed by atoms with Crippen LogP contribution in [0.1, 0.15) is 0 Å². The van der Waals surface area contributed by atoms with Gasteiger partial charge in [0.25, 0.3) is 0 Å². The van der Waals surface area contributed by atoms with Crippen molar-refractivity contribution < 1.29 is 0 Å². The van der Waals surface area contributed by atoms with Crippen LogP contribution < -0.4 is 0 Å². The second kappa shape index (κ2) is 12.0. The van der Waals surface area contributed by atoms with Crippen LogP contribution in [0.25, 0.3) is 110 Å². The summed E-state index contributed by atoms with van der Waals surface area (Å²) in [6, 6.07) is 69.6. The van der Waals surface area contributed by atoms with Crippen LogP contribution >= 0.6 is 0 Å². The molecule has 12 aromatic rings. The highest BCUT2D eigenvalue weighted by Crippen LogP contribution is 2.41. The number of hydrogen-bond donors (Lipinski definition) is 0. The predicted octanol–water partition coefficient (Wildman–Crippen LogP) is 13.5. The minimum absolute atomic E-state index is 0.648. The van der Waals surface area contributed by atoms with E-state index < -0.39 is 0 Å². The molecular formula is C52H32N4. The van der Waals surface area contributed by atoms with Crippen molar-refractivity contribution in [3.05, 3.63) is 194 Å². The van der Waals surface area contributed by atoms with Gasteiger partial charge in [-0.25, -0.2) is 9.97 Å². The van der Waals surface area contributed by atoms with Crippen molar-refractivity contribution >= 4 is 76.1 Å². The van der Waals surface area contributed by atoms with Crippen LogP contribution in [-0.4, -0.2) is 19.1 Å². The van der Waals surface area contributed by atoms with E-state index >= 15 is 0 Å². The zero-order valence-corrected chi connectivity index (χ0v) is 30.3. The van der Waals surface area contributed by atoms with Crippen molar-refractivity contribution in [2.75, 3.05) is 0 Å². The molecule has 9 aromatic carbocycles. The molecule has 0 saturated heterocycles. The summed E-state index contributed by atoms with van der Waals surface area (Å²) >= 11 is 0. The van der Waals surface area contributed by atoms with Crippen molar-refractivity contribution in [1.29, 1.82) is 0 Å². The maximum absolute atomic E-state index is 5.46. The fourth-order valence-electron chi connectivity index (χ4n) is 8.99. The predicted molar refractivity (Wildman–Crippen MR) is 234 cm³/mol. The third kappa shape index (κ3) is 4.53. The van der Waals surface area contributed by atoms with E-state index in [1.807, 2.05) is 0 Å². The summed E-state index contributed by atoms with van der Waals surface area (Å²) < 4.78 is 4.71. The molecule has 0 aliphatic carbocycles. The Morgan fingerprint density at radius 1 is 0.339 bits per heavy atom. The summed E-state index contributed by atoms with van der Waals surface area (Å²) in [4.78, 5) is 10.8. The lowest BCUT2D eigenvalue weighted by atomic mass is 10.00. The molecule has 0 radical (unpaired) electrons. The molecule has 0 saturated carbocycles. The lowest BCUT2D eigenvalue weighted by molar-refractivity contribution is 1.01. The van der Waals surface area contributed by atoms with E-state index in [2.05, 4.69) is 203 Å². The van der Waals surface area contributed by atoms with Crippen LogP contribution in [-0.2, 0) is 0 Å². The SMILES string of the molecule is c1ccc(-c2cccc(-c3nc(-n4c5ccc(-n6c7ccccc7c7ccc8ccccc8c76)cc5c5c6ccccc6ccc54)nc4ccccc34)c2)cc1. The molecule has 0 N–H and O–H groups in total. The van der Waals surface area contributed by atoms with Crippen molar-refractivity contribution in [1.82, 2.24) is 19.1 Å². The summed E-state index contributed by atoms with van der Waals surface area (Å²) in [5.41, 5.74) is 10.9. The van der Waals surface area contributed by atoms with E-state index in [1.165, 1.54) is 54.3 Å². The zero-order valence-electron chi connectivity index (χ0n) is 30.3. The normalized spacial score (nSPS) is 11.9. The van der Waals surface area contributed by atoms with Crippen molar-refractivity contribution in [3.63, 3.8) is 0 Å². The number of fused-ring (bicyclic) bond motifs is 11. The maximum Gasteiger partial charge on any atom is 0.235 e. The highest BCUT2D eigenvalue weighted by Gasteiger charge is 2.21. The second-order valence-electron chi connectivity index (χ2n) is 14.6.